The van der Waals surface area contributed by atoms with Gasteiger partial charge in [-0.1, -0.05) is 30.3 Å². The average molecular weight is 323 g/mol. The van der Waals surface area contributed by atoms with E-state index in [0.717, 1.165) is 22.0 Å². The molecule has 3 aromatic rings. The molecule has 3 rings (SSSR count). The van der Waals surface area contributed by atoms with Crippen molar-refractivity contribution < 1.29 is 9.90 Å². The van der Waals surface area contributed by atoms with Gasteiger partial charge in [-0.25, -0.2) is 0 Å². The van der Waals surface area contributed by atoms with Crippen LogP contribution in [0.5, 0.6) is 5.75 Å². The number of rotatable bonds is 6. The second-order valence-corrected chi connectivity index (χ2v) is 5.88. The van der Waals surface area contributed by atoms with Crippen LogP contribution in [0, 0.1) is 0 Å². The molecule has 1 aromatic heterocycles. The van der Waals surface area contributed by atoms with Crippen molar-refractivity contribution in [2.75, 3.05) is 6.54 Å². The smallest absolute Gasteiger partial charge is 0.237 e. The molecular formula is C19H21N3O2. The van der Waals surface area contributed by atoms with Crippen molar-refractivity contribution >= 4 is 16.8 Å². The van der Waals surface area contributed by atoms with Gasteiger partial charge in [0.05, 0.1) is 6.04 Å². The van der Waals surface area contributed by atoms with Crippen molar-refractivity contribution in [2.24, 2.45) is 5.73 Å². The summed E-state index contributed by atoms with van der Waals surface area (Å²) in [6, 6.07) is 14.4. The molecule has 1 amide bonds. The predicted octanol–water partition coefficient (Wildman–Crippen LogP) is 2.10. The number of nitrogens with one attached hydrogen (secondary N) is 2. The quantitative estimate of drug-likeness (QED) is 0.560. The molecule has 0 unspecified atom stereocenters. The number of carbonyl (C=O) groups is 1. The molecule has 0 aliphatic heterocycles. The van der Waals surface area contributed by atoms with Gasteiger partial charge in [0.15, 0.2) is 0 Å². The highest BCUT2D eigenvalue weighted by Gasteiger charge is 2.15. The molecule has 0 saturated heterocycles. The van der Waals surface area contributed by atoms with Crippen LogP contribution in [-0.2, 0) is 17.6 Å². The number of H-pyrrole nitrogens is 1. The first-order valence-electron chi connectivity index (χ1n) is 7.99. The molecule has 0 radical (unpaired) electrons. The molecule has 5 N–H and O–H groups in total. The number of hydrogen-bond acceptors (Lipinski definition) is 3. The van der Waals surface area contributed by atoms with E-state index in [2.05, 4.69) is 10.3 Å². The third-order valence-electron chi connectivity index (χ3n) is 4.10. The Morgan fingerprint density at radius 2 is 1.92 bits per heavy atom. The maximum Gasteiger partial charge on any atom is 0.237 e. The van der Waals surface area contributed by atoms with E-state index in [4.69, 9.17) is 5.73 Å². The van der Waals surface area contributed by atoms with Gasteiger partial charge in [0, 0.05) is 23.6 Å². The summed E-state index contributed by atoms with van der Waals surface area (Å²) < 4.78 is 0. The molecular weight excluding hydrogens is 302 g/mol. The highest BCUT2D eigenvalue weighted by atomic mass is 16.3. The van der Waals surface area contributed by atoms with Crippen LogP contribution in [0.15, 0.2) is 54.7 Å². The van der Waals surface area contributed by atoms with E-state index in [9.17, 15) is 9.90 Å². The molecule has 0 aliphatic carbocycles. The first kappa shape index (κ1) is 16.1. The minimum Gasteiger partial charge on any atom is -0.508 e. The number of nitrogens with two attached hydrogens (primary N) is 1. The van der Waals surface area contributed by atoms with E-state index in [-0.39, 0.29) is 11.7 Å². The normalized spacial score (nSPS) is 12.2. The summed E-state index contributed by atoms with van der Waals surface area (Å²) >= 11 is 0. The van der Waals surface area contributed by atoms with Gasteiger partial charge in [0.2, 0.25) is 5.91 Å². The lowest BCUT2D eigenvalue weighted by atomic mass is 10.0. The maximum absolute atomic E-state index is 12.2. The van der Waals surface area contributed by atoms with Crippen molar-refractivity contribution in [3.63, 3.8) is 0 Å². The Morgan fingerprint density at radius 1 is 1.17 bits per heavy atom. The molecule has 0 fully saturated rings. The van der Waals surface area contributed by atoms with E-state index >= 15 is 0 Å². The van der Waals surface area contributed by atoms with Crippen LogP contribution < -0.4 is 11.1 Å². The zero-order valence-electron chi connectivity index (χ0n) is 13.3. The number of amides is 1. The number of para-hydroxylation sites is 1. The van der Waals surface area contributed by atoms with Gasteiger partial charge in [-0.3, -0.25) is 4.79 Å². The first-order chi connectivity index (χ1) is 11.6. The molecule has 1 atom stereocenters. The molecule has 124 valence electrons. The van der Waals surface area contributed by atoms with Gasteiger partial charge in [-0.15, -0.1) is 0 Å². The molecule has 24 heavy (non-hydrogen) atoms. The summed E-state index contributed by atoms with van der Waals surface area (Å²) in [6.45, 7) is 0.519. The lowest BCUT2D eigenvalue weighted by molar-refractivity contribution is -0.122. The molecule has 0 bridgehead atoms. The van der Waals surface area contributed by atoms with Gasteiger partial charge >= 0.3 is 0 Å². The number of aromatic amines is 1. The zero-order chi connectivity index (χ0) is 16.9. The van der Waals surface area contributed by atoms with E-state index in [1.54, 1.807) is 12.1 Å². The highest BCUT2D eigenvalue weighted by Crippen LogP contribution is 2.18. The number of carbonyl (C=O) groups excluding carboxylic acids is 1. The monoisotopic (exact) mass is 323 g/mol. The van der Waals surface area contributed by atoms with E-state index in [0.29, 0.717) is 19.4 Å². The average Bonchev–Trinajstić information content (AvgIpc) is 3.00. The Balaban J connectivity index is 1.52. The van der Waals surface area contributed by atoms with Crippen LogP contribution in [0.2, 0.25) is 0 Å². The van der Waals surface area contributed by atoms with E-state index < -0.39 is 6.04 Å². The van der Waals surface area contributed by atoms with Gasteiger partial charge in [0.1, 0.15) is 5.75 Å². The molecule has 5 nitrogen and oxygen atoms in total. The maximum atomic E-state index is 12.2. The number of fused-ring (bicyclic) bond motifs is 1. The summed E-state index contributed by atoms with van der Waals surface area (Å²) in [6.07, 6.45) is 3.11. The Kier molecular flexibility index (Phi) is 4.82. The van der Waals surface area contributed by atoms with Crippen molar-refractivity contribution in [1.29, 1.82) is 0 Å². The number of aromatic nitrogens is 1. The predicted molar refractivity (Wildman–Crippen MR) is 94.8 cm³/mol. The zero-order valence-corrected chi connectivity index (χ0v) is 13.3. The third kappa shape index (κ3) is 3.75. The van der Waals surface area contributed by atoms with Gasteiger partial charge in [-0.2, -0.15) is 0 Å². The molecule has 5 heteroatoms. The number of hydrogen-bond donors (Lipinski definition) is 4. The summed E-state index contributed by atoms with van der Waals surface area (Å²) in [5.74, 6) is 0.0857. The summed E-state index contributed by atoms with van der Waals surface area (Å²) in [5.41, 5.74) is 9.19. The van der Waals surface area contributed by atoms with Crippen LogP contribution in [0.25, 0.3) is 10.9 Å². The number of aromatic hydroxyl groups is 1. The van der Waals surface area contributed by atoms with Crippen molar-refractivity contribution in [3.05, 3.63) is 65.9 Å². The molecule has 1 heterocycles. The standard InChI is InChI=1S/C19H21N3O2/c20-17(11-14-12-22-18-4-2-1-3-16(14)18)19(24)21-10-9-13-5-7-15(23)8-6-13/h1-8,12,17,22-23H,9-11,20H2,(H,21,24)/t17-/m0/s1. The van der Waals surface area contributed by atoms with Crippen LogP contribution >= 0.6 is 0 Å². The molecule has 0 spiro atoms. The third-order valence-corrected chi connectivity index (χ3v) is 4.10. The highest BCUT2D eigenvalue weighted by molar-refractivity contribution is 5.86. The van der Waals surface area contributed by atoms with Crippen molar-refractivity contribution in [1.82, 2.24) is 10.3 Å². The lowest BCUT2D eigenvalue weighted by Gasteiger charge is -2.12. The Morgan fingerprint density at radius 3 is 2.71 bits per heavy atom. The number of phenols is 1. The Labute approximate surface area is 140 Å². The van der Waals surface area contributed by atoms with Crippen LogP contribution in [-0.4, -0.2) is 28.6 Å². The molecule has 0 saturated carbocycles. The fraction of sp³-hybridized carbons (Fsp3) is 0.211. The fourth-order valence-corrected chi connectivity index (χ4v) is 2.75. The Hall–Kier alpha value is -2.79. The van der Waals surface area contributed by atoms with Crippen molar-refractivity contribution in [3.8, 4) is 5.75 Å². The van der Waals surface area contributed by atoms with Gasteiger partial charge in [-0.05, 0) is 42.2 Å². The van der Waals surface area contributed by atoms with Crippen LogP contribution in [0.1, 0.15) is 11.1 Å². The topological polar surface area (TPSA) is 91.1 Å². The minimum atomic E-state index is -0.580. The van der Waals surface area contributed by atoms with Crippen molar-refractivity contribution in [2.45, 2.75) is 18.9 Å². The summed E-state index contributed by atoms with van der Waals surface area (Å²) in [5, 5.41) is 13.2. The SMILES string of the molecule is N[C@@H](Cc1c[nH]c2ccccc12)C(=O)NCCc1ccc(O)cc1. The molecule has 0 aliphatic rings. The fourth-order valence-electron chi connectivity index (χ4n) is 2.75. The summed E-state index contributed by atoms with van der Waals surface area (Å²) in [7, 11) is 0. The van der Waals surface area contributed by atoms with Crippen LogP contribution in [0.4, 0.5) is 0 Å². The number of benzene rings is 2. The second kappa shape index (κ2) is 7.19. The second-order valence-electron chi connectivity index (χ2n) is 5.88. The van der Waals surface area contributed by atoms with Gasteiger partial charge in [0.25, 0.3) is 0 Å². The van der Waals surface area contributed by atoms with E-state index in [1.165, 1.54) is 0 Å². The van der Waals surface area contributed by atoms with E-state index in [1.807, 2.05) is 42.6 Å². The van der Waals surface area contributed by atoms with Gasteiger partial charge < -0.3 is 21.1 Å². The van der Waals surface area contributed by atoms with Crippen LogP contribution in [0.3, 0.4) is 0 Å². The largest absolute Gasteiger partial charge is 0.508 e. The minimum absolute atomic E-state index is 0.154. The Bertz CT molecular complexity index is 824. The number of phenolic OH excluding ortho intramolecular Hbond substituents is 1. The summed E-state index contributed by atoms with van der Waals surface area (Å²) in [4.78, 5) is 15.4. The lowest BCUT2D eigenvalue weighted by Crippen LogP contribution is -2.42. The first-order valence-corrected chi connectivity index (χ1v) is 7.99. The molecule has 2 aromatic carbocycles.